The van der Waals surface area contributed by atoms with Crippen LogP contribution in [-0.4, -0.2) is 40.1 Å². The number of hydrogen-bond acceptors (Lipinski definition) is 3. The van der Waals surface area contributed by atoms with Crippen molar-refractivity contribution < 1.29 is 0 Å². The quantitative estimate of drug-likeness (QED) is 0.784. The van der Waals surface area contributed by atoms with E-state index in [2.05, 4.69) is 47.6 Å². The van der Waals surface area contributed by atoms with E-state index in [9.17, 15) is 0 Å². The van der Waals surface area contributed by atoms with Crippen molar-refractivity contribution in [2.24, 2.45) is 7.05 Å². The summed E-state index contributed by atoms with van der Waals surface area (Å²) in [6.45, 7) is 8.60. The van der Waals surface area contributed by atoms with Gasteiger partial charge in [0.05, 0.1) is 6.54 Å². The molecule has 0 saturated carbocycles. The van der Waals surface area contributed by atoms with Crippen LogP contribution in [0.4, 0.5) is 0 Å². The Morgan fingerprint density at radius 3 is 2.71 bits per heavy atom. The number of aryl methyl sites for hydroxylation is 1. The van der Waals surface area contributed by atoms with Crippen LogP contribution in [0, 0.1) is 0 Å². The lowest BCUT2D eigenvalue weighted by molar-refractivity contribution is 0.230. The minimum atomic E-state index is 0.515. The van der Waals surface area contributed by atoms with Crippen LogP contribution in [-0.2, 0) is 13.6 Å². The number of imidazole rings is 1. The molecule has 4 heteroatoms. The molecule has 1 aromatic heterocycles. The lowest BCUT2D eigenvalue weighted by atomic mass is 10.2. The van der Waals surface area contributed by atoms with Crippen molar-refractivity contribution in [2.45, 2.75) is 45.8 Å². The molecular weight excluding hydrogens is 212 g/mol. The van der Waals surface area contributed by atoms with Gasteiger partial charge in [-0.15, -0.1) is 0 Å². The van der Waals surface area contributed by atoms with E-state index in [1.165, 1.54) is 6.42 Å². The molecule has 17 heavy (non-hydrogen) atoms. The highest BCUT2D eigenvalue weighted by molar-refractivity contribution is 4.91. The number of likely N-dealkylation sites (N-methyl/N-ethyl adjacent to an activating group) is 1. The SMILES string of the molecule is CCC(C)NCC(C)N(C)Cc1nccn1C. The molecule has 2 atom stereocenters. The Morgan fingerprint density at radius 1 is 1.47 bits per heavy atom. The van der Waals surface area contributed by atoms with E-state index in [1.54, 1.807) is 0 Å². The van der Waals surface area contributed by atoms with Gasteiger partial charge >= 0.3 is 0 Å². The molecule has 0 fully saturated rings. The van der Waals surface area contributed by atoms with Crippen molar-refractivity contribution in [3.63, 3.8) is 0 Å². The molecule has 0 radical (unpaired) electrons. The molecule has 1 N–H and O–H groups in total. The Balaban J connectivity index is 2.37. The predicted octanol–water partition coefficient (Wildman–Crippen LogP) is 1.63. The van der Waals surface area contributed by atoms with Gasteiger partial charge in [-0.1, -0.05) is 6.92 Å². The van der Waals surface area contributed by atoms with Gasteiger partial charge in [0.2, 0.25) is 0 Å². The monoisotopic (exact) mass is 238 g/mol. The van der Waals surface area contributed by atoms with Crippen molar-refractivity contribution in [2.75, 3.05) is 13.6 Å². The molecule has 2 unspecified atom stereocenters. The second-order valence-electron chi connectivity index (χ2n) is 4.94. The minimum absolute atomic E-state index is 0.515. The summed E-state index contributed by atoms with van der Waals surface area (Å²) in [5, 5.41) is 3.54. The summed E-state index contributed by atoms with van der Waals surface area (Å²) >= 11 is 0. The molecule has 0 saturated heterocycles. The summed E-state index contributed by atoms with van der Waals surface area (Å²) in [6, 6.07) is 1.11. The maximum absolute atomic E-state index is 4.35. The van der Waals surface area contributed by atoms with Crippen LogP contribution >= 0.6 is 0 Å². The smallest absolute Gasteiger partial charge is 0.122 e. The Kier molecular flexibility index (Phi) is 5.65. The van der Waals surface area contributed by atoms with Crippen molar-refractivity contribution >= 4 is 0 Å². The van der Waals surface area contributed by atoms with E-state index in [-0.39, 0.29) is 0 Å². The van der Waals surface area contributed by atoms with Gasteiger partial charge < -0.3 is 9.88 Å². The zero-order valence-corrected chi connectivity index (χ0v) is 11.8. The van der Waals surface area contributed by atoms with E-state index in [0.29, 0.717) is 12.1 Å². The van der Waals surface area contributed by atoms with Gasteiger partial charge in [-0.2, -0.15) is 0 Å². The van der Waals surface area contributed by atoms with Gasteiger partial charge in [0.1, 0.15) is 5.82 Å². The average molecular weight is 238 g/mol. The molecule has 1 rings (SSSR count). The van der Waals surface area contributed by atoms with E-state index in [0.717, 1.165) is 18.9 Å². The van der Waals surface area contributed by atoms with Crippen LogP contribution < -0.4 is 5.32 Å². The largest absolute Gasteiger partial charge is 0.337 e. The molecule has 0 aromatic carbocycles. The van der Waals surface area contributed by atoms with Gasteiger partial charge in [0.15, 0.2) is 0 Å². The number of aromatic nitrogens is 2. The Hall–Kier alpha value is -0.870. The molecule has 0 spiro atoms. The topological polar surface area (TPSA) is 33.1 Å². The Bertz CT molecular complexity index is 321. The van der Waals surface area contributed by atoms with Crippen molar-refractivity contribution in [1.29, 1.82) is 0 Å². The van der Waals surface area contributed by atoms with E-state index in [4.69, 9.17) is 0 Å². The number of nitrogens with zero attached hydrogens (tertiary/aromatic N) is 3. The maximum Gasteiger partial charge on any atom is 0.122 e. The molecule has 0 bridgehead atoms. The van der Waals surface area contributed by atoms with Crippen LogP contribution in [0.2, 0.25) is 0 Å². The van der Waals surface area contributed by atoms with Gasteiger partial charge in [0.25, 0.3) is 0 Å². The fourth-order valence-corrected chi connectivity index (χ4v) is 1.60. The van der Waals surface area contributed by atoms with Crippen LogP contribution in [0.3, 0.4) is 0 Å². The molecule has 0 amide bonds. The Morgan fingerprint density at radius 2 is 2.18 bits per heavy atom. The summed E-state index contributed by atoms with van der Waals surface area (Å²) in [7, 11) is 4.19. The molecule has 1 heterocycles. The van der Waals surface area contributed by atoms with Gasteiger partial charge in [-0.3, -0.25) is 4.90 Å². The van der Waals surface area contributed by atoms with E-state index < -0.39 is 0 Å². The Labute approximate surface area is 105 Å². The van der Waals surface area contributed by atoms with Gasteiger partial charge in [0, 0.05) is 38.1 Å². The fourth-order valence-electron chi connectivity index (χ4n) is 1.60. The van der Waals surface area contributed by atoms with E-state index >= 15 is 0 Å². The first-order valence-corrected chi connectivity index (χ1v) is 6.44. The number of hydrogen-bond donors (Lipinski definition) is 1. The summed E-state index contributed by atoms with van der Waals surface area (Å²) < 4.78 is 2.07. The molecule has 1 aromatic rings. The van der Waals surface area contributed by atoms with Crippen molar-refractivity contribution in [3.05, 3.63) is 18.2 Å². The summed E-state index contributed by atoms with van der Waals surface area (Å²) in [5.41, 5.74) is 0. The minimum Gasteiger partial charge on any atom is -0.337 e. The first kappa shape index (κ1) is 14.2. The van der Waals surface area contributed by atoms with Gasteiger partial charge in [-0.05, 0) is 27.3 Å². The second-order valence-corrected chi connectivity index (χ2v) is 4.94. The fraction of sp³-hybridized carbons (Fsp3) is 0.769. The maximum atomic E-state index is 4.35. The highest BCUT2D eigenvalue weighted by Crippen LogP contribution is 2.03. The summed E-state index contributed by atoms with van der Waals surface area (Å²) in [4.78, 5) is 6.68. The van der Waals surface area contributed by atoms with Crippen LogP contribution in [0.1, 0.15) is 33.0 Å². The zero-order chi connectivity index (χ0) is 12.8. The molecule has 0 aliphatic rings. The average Bonchev–Trinajstić information content (AvgIpc) is 2.71. The van der Waals surface area contributed by atoms with Crippen LogP contribution in [0.15, 0.2) is 12.4 Å². The molecule has 0 aliphatic carbocycles. The third kappa shape index (κ3) is 4.48. The highest BCUT2D eigenvalue weighted by Gasteiger charge is 2.12. The first-order chi connectivity index (χ1) is 8.04. The second kappa shape index (κ2) is 6.77. The van der Waals surface area contributed by atoms with Gasteiger partial charge in [-0.25, -0.2) is 4.98 Å². The van der Waals surface area contributed by atoms with Crippen molar-refractivity contribution in [1.82, 2.24) is 19.8 Å². The number of rotatable bonds is 7. The van der Waals surface area contributed by atoms with Crippen molar-refractivity contribution in [3.8, 4) is 0 Å². The normalized spacial score (nSPS) is 15.2. The van der Waals surface area contributed by atoms with E-state index in [1.807, 2.05) is 19.4 Å². The molecule has 98 valence electrons. The first-order valence-electron chi connectivity index (χ1n) is 6.44. The highest BCUT2D eigenvalue weighted by atomic mass is 15.2. The molecule has 0 aliphatic heterocycles. The lowest BCUT2D eigenvalue weighted by Crippen LogP contribution is -2.40. The van der Waals surface area contributed by atoms with Crippen LogP contribution in [0.25, 0.3) is 0 Å². The summed E-state index contributed by atoms with van der Waals surface area (Å²) in [5.74, 6) is 1.11. The number of nitrogens with one attached hydrogen (secondary N) is 1. The molecule has 4 nitrogen and oxygen atoms in total. The lowest BCUT2D eigenvalue weighted by Gasteiger charge is -2.26. The van der Waals surface area contributed by atoms with Crippen LogP contribution in [0.5, 0.6) is 0 Å². The third-order valence-electron chi connectivity index (χ3n) is 3.44. The zero-order valence-electron chi connectivity index (χ0n) is 11.8. The standard InChI is InChI=1S/C13H26N4/c1-6-11(2)15-9-12(3)17(5)10-13-14-7-8-16(13)4/h7-8,11-12,15H,6,9-10H2,1-5H3. The third-order valence-corrected chi connectivity index (χ3v) is 3.44. The summed E-state index contributed by atoms with van der Waals surface area (Å²) in [6.07, 6.45) is 5.02. The predicted molar refractivity (Wildman–Crippen MR) is 71.9 cm³/mol. The molecular formula is C13H26N4.